The molecule has 0 saturated heterocycles. The molecule has 5 nitrogen and oxygen atoms in total. The lowest BCUT2D eigenvalue weighted by molar-refractivity contribution is -0.132. The topological polar surface area (TPSA) is 69.6 Å². The van der Waals surface area contributed by atoms with Gasteiger partial charge in [0, 0.05) is 16.6 Å². The molecular weight excluding hydrogens is 350 g/mol. The van der Waals surface area contributed by atoms with Gasteiger partial charge in [0.1, 0.15) is 0 Å². The van der Waals surface area contributed by atoms with E-state index in [9.17, 15) is 18.4 Å². The molecule has 0 saturated carbocycles. The van der Waals surface area contributed by atoms with Gasteiger partial charge in [0.25, 0.3) is 12.3 Å². The van der Waals surface area contributed by atoms with Gasteiger partial charge in [-0.15, -0.1) is 0 Å². The Hall–Kier alpha value is -1.54. The highest BCUT2D eigenvalue weighted by Crippen LogP contribution is 2.11. The summed E-state index contributed by atoms with van der Waals surface area (Å²) < 4.78 is 25.3. The van der Waals surface area contributed by atoms with Crippen molar-refractivity contribution in [2.45, 2.75) is 6.43 Å². The maximum absolute atomic E-state index is 12.3. The molecule has 0 aliphatic heterocycles. The summed E-state index contributed by atoms with van der Waals surface area (Å²) in [4.78, 5) is 24.3. The molecule has 1 aromatic rings. The second-order valence-electron chi connectivity index (χ2n) is 4.15. The van der Waals surface area contributed by atoms with E-state index in [0.29, 0.717) is 10.0 Å². The molecule has 0 aromatic heterocycles. The first kappa shape index (κ1) is 17.5. The van der Waals surface area contributed by atoms with Crippen molar-refractivity contribution >= 4 is 27.7 Å². The van der Waals surface area contributed by atoms with Crippen LogP contribution >= 0.6 is 15.9 Å². The van der Waals surface area contributed by atoms with Crippen LogP contribution in [0.2, 0.25) is 0 Å². The second-order valence-corrected chi connectivity index (χ2v) is 5.06. The van der Waals surface area contributed by atoms with E-state index in [-0.39, 0.29) is 6.54 Å². The van der Waals surface area contributed by atoms with Gasteiger partial charge in [-0.05, 0) is 18.2 Å². The van der Waals surface area contributed by atoms with Crippen molar-refractivity contribution in [3.63, 3.8) is 0 Å². The standard InChI is InChI=1S/C13H15BrF2N2O3/c14-10-3-1-2-9(6-10)13(21)17-7-12(20)18(4-5-19)8-11(15)16/h1-3,6,11,19H,4-5,7-8H2,(H,17,21). The molecule has 0 aliphatic carbocycles. The minimum atomic E-state index is -2.69. The minimum Gasteiger partial charge on any atom is -0.395 e. The predicted octanol–water partition coefficient (Wildman–Crippen LogP) is 1.26. The molecule has 0 spiro atoms. The number of carbonyl (C=O) groups excluding carboxylic acids is 2. The fraction of sp³-hybridized carbons (Fsp3) is 0.385. The van der Waals surface area contributed by atoms with E-state index < -0.39 is 37.9 Å². The lowest BCUT2D eigenvalue weighted by Crippen LogP contribution is -2.43. The van der Waals surface area contributed by atoms with Crippen LogP contribution in [0, 0.1) is 0 Å². The van der Waals surface area contributed by atoms with Crippen LogP contribution in [-0.4, -0.2) is 54.5 Å². The Morgan fingerprint density at radius 1 is 1.38 bits per heavy atom. The average molecular weight is 365 g/mol. The van der Waals surface area contributed by atoms with Crippen molar-refractivity contribution in [2.75, 3.05) is 26.2 Å². The van der Waals surface area contributed by atoms with Crippen molar-refractivity contribution in [1.82, 2.24) is 10.2 Å². The highest BCUT2D eigenvalue weighted by Gasteiger charge is 2.18. The Morgan fingerprint density at radius 3 is 2.67 bits per heavy atom. The number of hydrogen-bond donors (Lipinski definition) is 2. The zero-order valence-electron chi connectivity index (χ0n) is 11.1. The van der Waals surface area contributed by atoms with E-state index in [1.54, 1.807) is 24.3 Å². The maximum atomic E-state index is 12.3. The SMILES string of the molecule is O=C(NCC(=O)N(CCO)CC(F)F)c1cccc(Br)c1. The van der Waals surface area contributed by atoms with Gasteiger partial charge in [-0.25, -0.2) is 8.78 Å². The van der Waals surface area contributed by atoms with E-state index in [4.69, 9.17) is 5.11 Å². The van der Waals surface area contributed by atoms with Crippen LogP contribution in [0.4, 0.5) is 8.78 Å². The average Bonchev–Trinajstić information content (AvgIpc) is 2.43. The first-order valence-electron chi connectivity index (χ1n) is 6.14. The minimum absolute atomic E-state index is 0.198. The van der Waals surface area contributed by atoms with E-state index in [2.05, 4.69) is 21.2 Å². The fourth-order valence-corrected chi connectivity index (χ4v) is 2.00. The Morgan fingerprint density at radius 2 is 2.10 bits per heavy atom. The van der Waals surface area contributed by atoms with Crippen LogP contribution in [0.1, 0.15) is 10.4 Å². The fourth-order valence-electron chi connectivity index (χ4n) is 1.60. The number of rotatable bonds is 7. The summed E-state index contributed by atoms with van der Waals surface area (Å²) in [5, 5.41) is 11.1. The molecule has 2 N–H and O–H groups in total. The van der Waals surface area contributed by atoms with Crippen LogP contribution in [-0.2, 0) is 4.79 Å². The van der Waals surface area contributed by atoms with Crippen molar-refractivity contribution in [1.29, 1.82) is 0 Å². The number of aliphatic hydroxyl groups is 1. The summed E-state index contributed by atoms with van der Waals surface area (Å²) in [7, 11) is 0. The van der Waals surface area contributed by atoms with Gasteiger partial charge < -0.3 is 15.3 Å². The van der Waals surface area contributed by atoms with E-state index in [0.717, 1.165) is 4.90 Å². The molecule has 21 heavy (non-hydrogen) atoms. The molecule has 8 heteroatoms. The number of hydrogen-bond acceptors (Lipinski definition) is 3. The molecule has 1 rings (SSSR count). The van der Waals surface area contributed by atoms with Crippen LogP contribution in [0.3, 0.4) is 0 Å². The summed E-state index contributed by atoms with van der Waals surface area (Å²) in [6.45, 7) is -1.79. The predicted molar refractivity (Wildman–Crippen MR) is 76.1 cm³/mol. The number of alkyl halides is 2. The lowest BCUT2D eigenvalue weighted by atomic mass is 10.2. The number of nitrogens with zero attached hydrogens (tertiary/aromatic N) is 1. The number of halogens is 3. The van der Waals surface area contributed by atoms with Gasteiger partial charge >= 0.3 is 0 Å². The summed E-state index contributed by atoms with van der Waals surface area (Å²) in [5.74, 6) is -1.15. The number of nitrogens with one attached hydrogen (secondary N) is 1. The van der Waals surface area contributed by atoms with Gasteiger partial charge in [0.15, 0.2) is 0 Å². The zero-order valence-corrected chi connectivity index (χ0v) is 12.6. The first-order chi connectivity index (χ1) is 9.93. The van der Waals surface area contributed by atoms with Crippen molar-refractivity contribution in [2.24, 2.45) is 0 Å². The summed E-state index contributed by atoms with van der Waals surface area (Å²) in [5.41, 5.74) is 0.347. The summed E-state index contributed by atoms with van der Waals surface area (Å²) in [6.07, 6.45) is -2.69. The molecule has 0 fully saturated rings. The van der Waals surface area contributed by atoms with E-state index in [1.165, 1.54) is 0 Å². The van der Waals surface area contributed by atoms with Crippen molar-refractivity contribution < 1.29 is 23.5 Å². The third-order valence-corrected chi connectivity index (χ3v) is 3.06. The Labute approximate surface area is 129 Å². The molecule has 0 heterocycles. The van der Waals surface area contributed by atoms with Crippen molar-refractivity contribution in [3.8, 4) is 0 Å². The molecule has 0 aliphatic rings. The van der Waals surface area contributed by atoms with E-state index >= 15 is 0 Å². The zero-order chi connectivity index (χ0) is 15.8. The number of amides is 2. The molecule has 0 atom stereocenters. The molecule has 2 amide bonds. The second kappa shape index (κ2) is 8.68. The Balaban J connectivity index is 2.56. The van der Waals surface area contributed by atoms with Gasteiger partial charge in [0.2, 0.25) is 5.91 Å². The third-order valence-electron chi connectivity index (χ3n) is 2.57. The van der Waals surface area contributed by atoms with Gasteiger partial charge in [0.05, 0.1) is 19.7 Å². The molecule has 0 unspecified atom stereocenters. The molecule has 0 bridgehead atoms. The lowest BCUT2D eigenvalue weighted by Gasteiger charge is -2.21. The molecule has 116 valence electrons. The van der Waals surface area contributed by atoms with Crippen LogP contribution < -0.4 is 5.32 Å². The smallest absolute Gasteiger partial charge is 0.255 e. The number of carbonyl (C=O) groups is 2. The number of benzene rings is 1. The van der Waals surface area contributed by atoms with Gasteiger partial charge in [-0.1, -0.05) is 22.0 Å². The van der Waals surface area contributed by atoms with Crippen LogP contribution in [0.25, 0.3) is 0 Å². The Bertz CT molecular complexity index is 500. The molecule has 1 aromatic carbocycles. The summed E-state index contributed by atoms with van der Waals surface area (Å²) in [6, 6.07) is 6.54. The highest BCUT2D eigenvalue weighted by molar-refractivity contribution is 9.10. The quantitative estimate of drug-likeness (QED) is 0.765. The summed E-state index contributed by atoms with van der Waals surface area (Å²) >= 11 is 3.22. The van der Waals surface area contributed by atoms with E-state index in [1.807, 2.05) is 0 Å². The van der Waals surface area contributed by atoms with Gasteiger partial charge in [-0.2, -0.15) is 0 Å². The molecule has 0 radical (unpaired) electrons. The Kier molecular flexibility index (Phi) is 7.24. The normalized spacial score (nSPS) is 10.5. The third kappa shape index (κ3) is 6.17. The largest absolute Gasteiger partial charge is 0.395 e. The van der Waals surface area contributed by atoms with Crippen LogP contribution in [0.5, 0.6) is 0 Å². The molecular formula is C13H15BrF2N2O3. The van der Waals surface area contributed by atoms with Crippen molar-refractivity contribution in [3.05, 3.63) is 34.3 Å². The maximum Gasteiger partial charge on any atom is 0.255 e. The highest BCUT2D eigenvalue weighted by atomic mass is 79.9. The monoisotopic (exact) mass is 364 g/mol. The van der Waals surface area contributed by atoms with Crippen LogP contribution in [0.15, 0.2) is 28.7 Å². The number of aliphatic hydroxyl groups excluding tert-OH is 1. The first-order valence-corrected chi connectivity index (χ1v) is 6.94. The van der Waals surface area contributed by atoms with Gasteiger partial charge in [-0.3, -0.25) is 9.59 Å².